The van der Waals surface area contributed by atoms with E-state index < -0.39 is 0 Å². The van der Waals surface area contributed by atoms with Crippen molar-refractivity contribution in [2.24, 2.45) is 5.73 Å². The third-order valence-electron chi connectivity index (χ3n) is 4.72. The molecule has 22 heavy (non-hydrogen) atoms. The normalized spacial score (nSPS) is 21.5. The van der Waals surface area contributed by atoms with Crippen molar-refractivity contribution in [1.82, 2.24) is 9.88 Å². The van der Waals surface area contributed by atoms with Gasteiger partial charge in [0.05, 0.1) is 11.1 Å². The number of fused-ring (bicyclic) bond motifs is 1. The lowest BCUT2D eigenvalue weighted by Gasteiger charge is -2.18. The molecule has 1 aromatic heterocycles. The second kappa shape index (κ2) is 5.06. The molecule has 1 aromatic carbocycles. The quantitative estimate of drug-likeness (QED) is 0.926. The van der Waals surface area contributed by atoms with Crippen molar-refractivity contribution in [3.63, 3.8) is 0 Å². The van der Waals surface area contributed by atoms with Gasteiger partial charge in [-0.3, -0.25) is 9.78 Å². The third-order valence-corrected chi connectivity index (χ3v) is 4.72. The Morgan fingerprint density at radius 2 is 2.09 bits per heavy atom. The van der Waals surface area contributed by atoms with Gasteiger partial charge in [-0.25, -0.2) is 0 Å². The lowest BCUT2D eigenvalue weighted by atomic mass is 10.0. The van der Waals surface area contributed by atoms with E-state index in [2.05, 4.69) is 12.1 Å². The zero-order valence-corrected chi connectivity index (χ0v) is 12.9. The maximum atomic E-state index is 13.0. The molecular formula is C18H21N3O. The minimum absolute atomic E-state index is 0.104. The van der Waals surface area contributed by atoms with E-state index in [0.29, 0.717) is 12.5 Å². The van der Waals surface area contributed by atoms with Crippen molar-refractivity contribution in [3.8, 4) is 0 Å². The van der Waals surface area contributed by atoms with Crippen LogP contribution >= 0.6 is 0 Å². The zero-order valence-electron chi connectivity index (χ0n) is 12.9. The number of pyridine rings is 1. The number of likely N-dealkylation sites (tertiary alicyclic amines) is 1. The van der Waals surface area contributed by atoms with Crippen molar-refractivity contribution in [3.05, 3.63) is 41.1 Å². The van der Waals surface area contributed by atoms with E-state index in [1.54, 1.807) is 0 Å². The zero-order chi connectivity index (χ0) is 15.3. The fourth-order valence-electron chi connectivity index (χ4n) is 3.27. The van der Waals surface area contributed by atoms with Gasteiger partial charge in [0, 0.05) is 36.1 Å². The molecule has 1 saturated heterocycles. The summed E-state index contributed by atoms with van der Waals surface area (Å²) < 4.78 is 0. The van der Waals surface area contributed by atoms with E-state index in [4.69, 9.17) is 10.7 Å². The Balaban J connectivity index is 1.83. The van der Waals surface area contributed by atoms with Crippen LogP contribution in [0.1, 0.15) is 46.8 Å². The average Bonchev–Trinajstić information content (AvgIpc) is 3.27. The summed E-state index contributed by atoms with van der Waals surface area (Å²) in [4.78, 5) is 19.6. The second-order valence-corrected chi connectivity index (χ2v) is 6.69. The number of benzene rings is 1. The molecule has 0 unspecified atom stereocenters. The molecule has 4 nitrogen and oxygen atoms in total. The molecule has 0 spiro atoms. The first kappa shape index (κ1) is 13.7. The van der Waals surface area contributed by atoms with Crippen LogP contribution in [-0.4, -0.2) is 34.9 Å². The summed E-state index contributed by atoms with van der Waals surface area (Å²) in [6.07, 6.45) is 3.27. The number of hydrogen-bond acceptors (Lipinski definition) is 3. The van der Waals surface area contributed by atoms with E-state index in [-0.39, 0.29) is 11.9 Å². The van der Waals surface area contributed by atoms with Crippen LogP contribution in [0, 0.1) is 6.92 Å². The van der Waals surface area contributed by atoms with Crippen molar-refractivity contribution in [2.45, 2.75) is 38.1 Å². The summed E-state index contributed by atoms with van der Waals surface area (Å²) in [6, 6.07) is 8.30. The monoisotopic (exact) mass is 295 g/mol. The molecule has 4 heteroatoms. The minimum Gasteiger partial charge on any atom is -0.337 e. The van der Waals surface area contributed by atoms with Crippen LogP contribution in [0.2, 0.25) is 0 Å². The Morgan fingerprint density at radius 3 is 2.77 bits per heavy atom. The van der Waals surface area contributed by atoms with Crippen LogP contribution in [0.3, 0.4) is 0 Å². The van der Waals surface area contributed by atoms with Crippen LogP contribution in [-0.2, 0) is 0 Å². The molecule has 2 N–H and O–H groups in total. The van der Waals surface area contributed by atoms with Crippen molar-refractivity contribution < 1.29 is 4.79 Å². The number of carbonyl (C=O) groups is 1. The lowest BCUT2D eigenvalue weighted by molar-refractivity contribution is 0.0792. The second-order valence-electron chi connectivity index (χ2n) is 6.69. The first-order chi connectivity index (χ1) is 10.6. The molecule has 2 heterocycles. The molecule has 0 radical (unpaired) electrons. The van der Waals surface area contributed by atoms with Gasteiger partial charge in [-0.2, -0.15) is 0 Å². The highest BCUT2D eigenvalue weighted by Gasteiger charge is 2.29. The Hall–Kier alpha value is -1.94. The van der Waals surface area contributed by atoms with Gasteiger partial charge in [-0.05, 0) is 44.4 Å². The highest BCUT2D eigenvalue weighted by Crippen LogP contribution is 2.40. The van der Waals surface area contributed by atoms with E-state index in [1.807, 2.05) is 24.0 Å². The molecule has 1 saturated carbocycles. The molecule has 114 valence electrons. The van der Waals surface area contributed by atoms with Crippen LogP contribution < -0.4 is 5.73 Å². The van der Waals surface area contributed by atoms with E-state index in [0.717, 1.165) is 40.7 Å². The third kappa shape index (κ3) is 2.37. The van der Waals surface area contributed by atoms with E-state index >= 15 is 0 Å². The van der Waals surface area contributed by atoms with Crippen LogP contribution in [0.5, 0.6) is 0 Å². The fraction of sp³-hybridized carbons (Fsp3) is 0.444. The van der Waals surface area contributed by atoms with Gasteiger partial charge < -0.3 is 10.6 Å². The summed E-state index contributed by atoms with van der Waals surface area (Å²) in [5.74, 6) is 0.644. The molecular weight excluding hydrogens is 274 g/mol. The molecule has 1 atom stereocenters. The van der Waals surface area contributed by atoms with E-state index in [1.165, 1.54) is 12.8 Å². The molecule has 0 bridgehead atoms. The van der Waals surface area contributed by atoms with Gasteiger partial charge in [0.1, 0.15) is 0 Å². The number of hydrogen-bond donors (Lipinski definition) is 1. The van der Waals surface area contributed by atoms with Gasteiger partial charge in [-0.1, -0.05) is 11.6 Å². The average molecular weight is 295 g/mol. The fourth-order valence-corrected chi connectivity index (χ4v) is 3.27. The molecule has 1 aliphatic heterocycles. The predicted octanol–water partition coefficient (Wildman–Crippen LogP) is 2.59. The number of nitrogens with two attached hydrogens (primary N) is 1. The van der Waals surface area contributed by atoms with Gasteiger partial charge in [0.15, 0.2) is 0 Å². The number of amides is 1. The van der Waals surface area contributed by atoms with Crippen molar-refractivity contribution >= 4 is 16.8 Å². The first-order valence-corrected chi connectivity index (χ1v) is 8.08. The van der Waals surface area contributed by atoms with Crippen molar-refractivity contribution in [2.75, 3.05) is 13.1 Å². The summed E-state index contributed by atoms with van der Waals surface area (Å²) in [7, 11) is 0. The van der Waals surface area contributed by atoms with Crippen LogP contribution in [0.4, 0.5) is 0 Å². The minimum atomic E-state index is 0.104. The highest BCUT2D eigenvalue weighted by atomic mass is 16.2. The summed E-state index contributed by atoms with van der Waals surface area (Å²) in [5, 5.41) is 0.967. The Bertz CT molecular complexity index is 751. The maximum absolute atomic E-state index is 13.0. The molecule has 1 aliphatic carbocycles. The topological polar surface area (TPSA) is 59.2 Å². The van der Waals surface area contributed by atoms with Crippen LogP contribution in [0.25, 0.3) is 10.9 Å². The SMILES string of the molecule is Cc1ccc2nc(C3CC3)cc(C(=O)N3CC[C@@H](N)C3)c2c1. The molecule has 4 rings (SSSR count). The standard InChI is InChI=1S/C18H21N3O/c1-11-2-5-16-14(8-11)15(9-17(20-16)12-3-4-12)18(22)21-7-6-13(19)10-21/h2,5,8-9,12-13H,3-4,6-7,10,19H2,1H3/t13-/m1/s1. The number of aryl methyl sites for hydroxylation is 1. The predicted molar refractivity (Wildman–Crippen MR) is 87.0 cm³/mol. The van der Waals surface area contributed by atoms with Gasteiger partial charge in [0.2, 0.25) is 0 Å². The van der Waals surface area contributed by atoms with Gasteiger partial charge >= 0.3 is 0 Å². The smallest absolute Gasteiger partial charge is 0.254 e. The molecule has 1 amide bonds. The first-order valence-electron chi connectivity index (χ1n) is 8.08. The number of nitrogens with zero attached hydrogens (tertiary/aromatic N) is 2. The molecule has 2 aliphatic rings. The lowest BCUT2D eigenvalue weighted by Crippen LogP contribution is -2.32. The number of carbonyl (C=O) groups excluding carboxylic acids is 1. The largest absolute Gasteiger partial charge is 0.337 e. The maximum Gasteiger partial charge on any atom is 0.254 e. The summed E-state index contributed by atoms with van der Waals surface area (Å²) in [6.45, 7) is 3.47. The Kier molecular flexibility index (Phi) is 3.15. The summed E-state index contributed by atoms with van der Waals surface area (Å²) in [5.41, 5.74) is 9.91. The number of rotatable bonds is 2. The molecule has 2 fully saturated rings. The van der Waals surface area contributed by atoms with Gasteiger partial charge in [0.25, 0.3) is 5.91 Å². The van der Waals surface area contributed by atoms with E-state index in [9.17, 15) is 4.79 Å². The highest BCUT2D eigenvalue weighted by molar-refractivity contribution is 6.06. The number of aromatic nitrogens is 1. The molecule has 2 aromatic rings. The van der Waals surface area contributed by atoms with Crippen LogP contribution in [0.15, 0.2) is 24.3 Å². The van der Waals surface area contributed by atoms with Gasteiger partial charge in [-0.15, -0.1) is 0 Å². The summed E-state index contributed by atoms with van der Waals surface area (Å²) >= 11 is 0. The Morgan fingerprint density at radius 1 is 1.27 bits per heavy atom. The van der Waals surface area contributed by atoms with Crippen molar-refractivity contribution in [1.29, 1.82) is 0 Å². The Labute approximate surface area is 130 Å².